The van der Waals surface area contributed by atoms with Crippen molar-refractivity contribution in [3.63, 3.8) is 0 Å². The summed E-state index contributed by atoms with van der Waals surface area (Å²) in [4.78, 5) is 21.6. The molecule has 24 heavy (non-hydrogen) atoms. The zero-order valence-electron chi connectivity index (χ0n) is 14.8. The highest BCUT2D eigenvalue weighted by molar-refractivity contribution is 5.72. The smallest absolute Gasteiger partial charge is 0.426 e. The first-order chi connectivity index (χ1) is 11.6. The van der Waals surface area contributed by atoms with Gasteiger partial charge in [-0.05, 0) is 31.6 Å². The van der Waals surface area contributed by atoms with Crippen molar-refractivity contribution in [2.45, 2.75) is 52.4 Å². The second-order valence-electron chi connectivity index (χ2n) is 5.53. The van der Waals surface area contributed by atoms with Gasteiger partial charge in [-0.1, -0.05) is 26.7 Å². The van der Waals surface area contributed by atoms with Gasteiger partial charge >= 0.3 is 12.2 Å². The van der Waals surface area contributed by atoms with E-state index >= 15 is 0 Å². The van der Waals surface area contributed by atoms with Crippen LogP contribution in [0.1, 0.15) is 52.4 Å². The number of unbranched alkanes of at least 4 members (excludes halogenated alkanes) is 2. The second-order valence-corrected chi connectivity index (χ2v) is 5.53. The SMILES string of the molecule is CCCCOCCC(CCOCCCC)COC(=O)NNC(=O)O. The molecule has 0 aliphatic carbocycles. The van der Waals surface area contributed by atoms with Crippen LogP contribution in [0.25, 0.3) is 0 Å². The summed E-state index contributed by atoms with van der Waals surface area (Å²) in [7, 11) is 0. The minimum absolute atomic E-state index is 0.115. The molecular weight excluding hydrogens is 316 g/mol. The molecule has 0 aliphatic rings. The average molecular weight is 348 g/mol. The van der Waals surface area contributed by atoms with E-state index < -0.39 is 12.2 Å². The molecule has 0 radical (unpaired) electrons. The van der Waals surface area contributed by atoms with Crippen LogP contribution in [0.4, 0.5) is 9.59 Å². The molecule has 3 N–H and O–H groups in total. The first-order valence-electron chi connectivity index (χ1n) is 8.67. The summed E-state index contributed by atoms with van der Waals surface area (Å²) in [6.45, 7) is 7.10. The third-order valence-corrected chi connectivity index (χ3v) is 3.35. The monoisotopic (exact) mass is 348 g/mol. The maximum atomic E-state index is 11.4. The molecule has 0 rings (SSSR count). The zero-order chi connectivity index (χ0) is 18.0. The number of carbonyl (C=O) groups excluding carboxylic acids is 1. The van der Waals surface area contributed by atoms with Gasteiger partial charge in [0.1, 0.15) is 0 Å². The van der Waals surface area contributed by atoms with Crippen LogP contribution in [0.2, 0.25) is 0 Å². The predicted octanol–water partition coefficient (Wildman–Crippen LogP) is 2.92. The van der Waals surface area contributed by atoms with E-state index in [2.05, 4.69) is 13.8 Å². The zero-order valence-corrected chi connectivity index (χ0v) is 14.8. The Morgan fingerprint density at radius 1 is 0.917 bits per heavy atom. The van der Waals surface area contributed by atoms with Crippen LogP contribution < -0.4 is 10.9 Å². The van der Waals surface area contributed by atoms with E-state index in [0.29, 0.717) is 13.2 Å². The Labute approximate surface area is 144 Å². The number of nitrogens with one attached hydrogen (secondary N) is 2. The van der Waals surface area contributed by atoms with Crippen LogP contribution in [0.15, 0.2) is 0 Å². The molecule has 0 atom stereocenters. The van der Waals surface area contributed by atoms with Crippen molar-refractivity contribution in [3.05, 3.63) is 0 Å². The Balaban J connectivity index is 4.00. The first-order valence-corrected chi connectivity index (χ1v) is 8.67. The van der Waals surface area contributed by atoms with Gasteiger partial charge in [-0.15, -0.1) is 0 Å². The third kappa shape index (κ3) is 15.4. The van der Waals surface area contributed by atoms with Gasteiger partial charge < -0.3 is 19.3 Å². The minimum Gasteiger partial charge on any atom is -0.464 e. The molecular formula is C16H32N2O6. The lowest BCUT2D eigenvalue weighted by Crippen LogP contribution is -2.41. The summed E-state index contributed by atoms with van der Waals surface area (Å²) in [5, 5.41) is 8.40. The van der Waals surface area contributed by atoms with Crippen LogP contribution >= 0.6 is 0 Å². The molecule has 0 saturated carbocycles. The number of rotatable bonds is 14. The van der Waals surface area contributed by atoms with Crippen molar-refractivity contribution in [3.8, 4) is 0 Å². The molecule has 0 aromatic heterocycles. The molecule has 8 nitrogen and oxygen atoms in total. The Hall–Kier alpha value is -1.54. The van der Waals surface area contributed by atoms with E-state index in [1.807, 2.05) is 5.43 Å². The van der Waals surface area contributed by atoms with Gasteiger partial charge in [0.15, 0.2) is 0 Å². The van der Waals surface area contributed by atoms with Crippen molar-refractivity contribution < 1.29 is 28.9 Å². The lowest BCUT2D eigenvalue weighted by molar-refractivity contribution is 0.0657. The number of hydrogen-bond donors (Lipinski definition) is 3. The molecule has 0 aromatic rings. The quantitative estimate of drug-likeness (QED) is 0.329. The Morgan fingerprint density at radius 2 is 1.46 bits per heavy atom. The van der Waals surface area contributed by atoms with Crippen molar-refractivity contribution in [1.82, 2.24) is 10.9 Å². The van der Waals surface area contributed by atoms with Crippen LogP contribution in [0, 0.1) is 5.92 Å². The fourth-order valence-electron chi connectivity index (χ4n) is 1.84. The van der Waals surface area contributed by atoms with Gasteiger partial charge in [0, 0.05) is 26.4 Å². The van der Waals surface area contributed by atoms with Crippen LogP contribution in [0.3, 0.4) is 0 Å². The molecule has 0 aliphatic heterocycles. The second kappa shape index (κ2) is 16.3. The Kier molecular flexibility index (Phi) is 15.3. The number of carbonyl (C=O) groups is 2. The fourth-order valence-corrected chi connectivity index (χ4v) is 1.84. The molecule has 0 spiro atoms. The van der Waals surface area contributed by atoms with Gasteiger partial charge in [0.05, 0.1) is 6.61 Å². The van der Waals surface area contributed by atoms with Gasteiger partial charge in [-0.3, -0.25) is 0 Å². The summed E-state index contributed by atoms with van der Waals surface area (Å²) in [5.41, 5.74) is 3.68. The van der Waals surface area contributed by atoms with Crippen molar-refractivity contribution in [1.29, 1.82) is 0 Å². The highest BCUT2D eigenvalue weighted by Gasteiger charge is 2.13. The highest BCUT2D eigenvalue weighted by Crippen LogP contribution is 2.11. The maximum absolute atomic E-state index is 11.4. The molecule has 2 amide bonds. The van der Waals surface area contributed by atoms with E-state index in [-0.39, 0.29) is 12.5 Å². The van der Waals surface area contributed by atoms with Gasteiger partial charge in [0.25, 0.3) is 0 Å². The Bertz CT molecular complexity index is 314. The summed E-state index contributed by atoms with van der Waals surface area (Å²) in [6.07, 6.45) is 3.61. The van der Waals surface area contributed by atoms with Crippen molar-refractivity contribution in [2.75, 3.05) is 33.0 Å². The number of carboxylic acid groups (broad SMARTS) is 1. The van der Waals surface area contributed by atoms with E-state index in [1.165, 1.54) is 0 Å². The van der Waals surface area contributed by atoms with Crippen molar-refractivity contribution in [2.24, 2.45) is 5.92 Å². The largest absolute Gasteiger partial charge is 0.464 e. The van der Waals surface area contributed by atoms with Crippen LogP contribution in [-0.2, 0) is 14.2 Å². The van der Waals surface area contributed by atoms with Crippen molar-refractivity contribution >= 4 is 12.2 Å². The highest BCUT2D eigenvalue weighted by atomic mass is 16.6. The lowest BCUT2D eigenvalue weighted by atomic mass is 10.0. The maximum Gasteiger partial charge on any atom is 0.426 e. The van der Waals surface area contributed by atoms with Gasteiger partial charge in [0.2, 0.25) is 0 Å². The van der Waals surface area contributed by atoms with E-state index in [4.69, 9.17) is 19.3 Å². The molecule has 0 heterocycles. The summed E-state index contributed by atoms with van der Waals surface area (Å²) in [6, 6.07) is 0. The molecule has 142 valence electrons. The molecule has 0 aromatic carbocycles. The molecule has 8 heteroatoms. The fraction of sp³-hybridized carbons (Fsp3) is 0.875. The summed E-state index contributed by atoms with van der Waals surface area (Å²) < 4.78 is 16.1. The molecule has 0 saturated heterocycles. The predicted molar refractivity (Wildman–Crippen MR) is 89.8 cm³/mol. The molecule has 0 unspecified atom stereocenters. The topological polar surface area (TPSA) is 106 Å². The van der Waals surface area contributed by atoms with E-state index in [1.54, 1.807) is 5.43 Å². The number of amides is 2. The van der Waals surface area contributed by atoms with Gasteiger partial charge in [-0.25, -0.2) is 20.4 Å². The normalized spacial score (nSPS) is 10.6. The number of hydrazine groups is 1. The summed E-state index contributed by atoms with van der Waals surface area (Å²) >= 11 is 0. The van der Waals surface area contributed by atoms with E-state index in [9.17, 15) is 9.59 Å². The minimum atomic E-state index is -1.35. The van der Waals surface area contributed by atoms with E-state index in [0.717, 1.165) is 51.7 Å². The number of hydrogen-bond acceptors (Lipinski definition) is 5. The van der Waals surface area contributed by atoms with Crippen LogP contribution in [0.5, 0.6) is 0 Å². The summed E-state index contributed by atoms with van der Waals surface area (Å²) in [5.74, 6) is 0.115. The standard InChI is InChI=1S/C16H32N2O6/c1-3-5-9-22-11-7-14(8-12-23-10-6-4-2)13-24-16(21)18-17-15(19)20/h14,17H,3-13H2,1-2H3,(H,18,21)(H,19,20). The first kappa shape index (κ1) is 22.5. The van der Waals surface area contributed by atoms with Crippen LogP contribution in [-0.4, -0.2) is 50.3 Å². The third-order valence-electron chi connectivity index (χ3n) is 3.35. The molecule has 0 fully saturated rings. The lowest BCUT2D eigenvalue weighted by Gasteiger charge is -2.17. The van der Waals surface area contributed by atoms with Gasteiger partial charge in [-0.2, -0.15) is 0 Å². The Morgan fingerprint density at radius 3 is 1.92 bits per heavy atom. The molecule has 0 bridgehead atoms. The average Bonchev–Trinajstić information content (AvgIpc) is 2.56. The number of ether oxygens (including phenoxy) is 3.